The molecule has 4 amide bonds. The molecule has 0 aromatic heterocycles. The van der Waals surface area contributed by atoms with Crippen LogP contribution in [0.5, 0.6) is 0 Å². The summed E-state index contributed by atoms with van der Waals surface area (Å²) in [6.45, 7) is 6.18. The monoisotopic (exact) mass is 416 g/mol. The van der Waals surface area contributed by atoms with Gasteiger partial charge in [0.1, 0.15) is 6.04 Å². The summed E-state index contributed by atoms with van der Waals surface area (Å²) < 4.78 is 0. The number of anilines is 1. The van der Waals surface area contributed by atoms with Gasteiger partial charge in [-0.3, -0.25) is 9.59 Å². The van der Waals surface area contributed by atoms with Gasteiger partial charge in [0.05, 0.1) is 11.2 Å². The maximum absolute atomic E-state index is 12.5. The third-order valence-electron chi connectivity index (χ3n) is 4.89. The van der Waals surface area contributed by atoms with Crippen LogP contribution >= 0.6 is 24.0 Å². The fourth-order valence-electron chi connectivity index (χ4n) is 2.65. The van der Waals surface area contributed by atoms with Crippen molar-refractivity contribution in [1.82, 2.24) is 10.6 Å². The van der Waals surface area contributed by atoms with E-state index in [0.717, 1.165) is 4.90 Å². The zero-order valence-electron chi connectivity index (χ0n) is 15.6. The van der Waals surface area contributed by atoms with Crippen LogP contribution in [-0.4, -0.2) is 36.0 Å². The number of hydrogen-bond donors (Lipinski definition) is 3. The maximum atomic E-state index is 12.5. The molecule has 1 aromatic carbocycles. The van der Waals surface area contributed by atoms with E-state index in [9.17, 15) is 14.4 Å². The molecule has 150 valence electrons. The molecular weight excluding hydrogens is 391 g/mol. The predicted octanol–water partition coefficient (Wildman–Crippen LogP) is 2.46. The Hall–Kier alpha value is -1.83. The highest BCUT2D eigenvalue weighted by atomic mass is 35.5. The number of imide groups is 1. The minimum Gasteiger partial charge on any atom is -0.349 e. The van der Waals surface area contributed by atoms with Crippen molar-refractivity contribution in [3.8, 4) is 0 Å². The van der Waals surface area contributed by atoms with Crippen molar-refractivity contribution < 1.29 is 14.4 Å². The van der Waals surface area contributed by atoms with Gasteiger partial charge in [-0.15, -0.1) is 12.4 Å². The largest absolute Gasteiger partial charge is 0.349 e. The second-order valence-corrected chi connectivity index (χ2v) is 7.45. The molecule has 9 heteroatoms. The van der Waals surface area contributed by atoms with Crippen LogP contribution in [0.4, 0.5) is 10.5 Å². The number of urea groups is 1. The molecule has 0 bridgehead atoms. The van der Waals surface area contributed by atoms with E-state index in [0.29, 0.717) is 17.3 Å². The summed E-state index contributed by atoms with van der Waals surface area (Å²) >= 11 is 5.83. The zero-order chi connectivity index (χ0) is 19.5. The smallest absolute Gasteiger partial charge is 0.329 e. The van der Waals surface area contributed by atoms with Gasteiger partial charge >= 0.3 is 6.03 Å². The molecule has 0 radical (unpaired) electrons. The predicted molar refractivity (Wildman–Crippen MR) is 108 cm³/mol. The van der Waals surface area contributed by atoms with Crippen LogP contribution in [0.3, 0.4) is 0 Å². The maximum Gasteiger partial charge on any atom is 0.329 e. The topological polar surface area (TPSA) is 105 Å². The summed E-state index contributed by atoms with van der Waals surface area (Å²) in [5.74, 6) is -0.404. The number of hydrogen-bond acceptors (Lipinski definition) is 4. The van der Waals surface area contributed by atoms with Gasteiger partial charge in [0, 0.05) is 18.0 Å². The summed E-state index contributed by atoms with van der Waals surface area (Å²) in [5.41, 5.74) is 5.71. The molecule has 1 heterocycles. The highest BCUT2D eigenvalue weighted by Crippen LogP contribution is 2.23. The lowest BCUT2D eigenvalue weighted by atomic mass is 9.88. The summed E-state index contributed by atoms with van der Waals surface area (Å²) in [6, 6.07) is 5.19. The molecule has 0 spiro atoms. The molecule has 0 saturated carbocycles. The van der Waals surface area contributed by atoms with Crippen LogP contribution in [0, 0.1) is 5.92 Å². The summed E-state index contributed by atoms with van der Waals surface area (Å²) in [6.07, 6.45) is 0.340. The van der Waals surface area contributed by atoms with Gasteiger partial charge in [-0.05, 0) is 43.5 Å². The molecule has 1 saturated heterocycles. The van der Waals surface area contributed by atoms with Crippen LogP contribution in [0.2, 0.25) is 5.02 Å². The minimum absolute atomic E-state index is 0. The van der Waals surface area contributed by atoms with Crippen molar-refractivity contribution in [1.29, 1.82) is 0 Å². The van der Waals surface area contributed by atoms with Crippen molar-refractivity contribution in [3.63, 3.8) is 0 Å². The van der Waals surface area contributed by atoms with Crippen LogP contribution in [0.1, 0.15) is 33.6 Å². The van der Waals surface area contributed by atoms with Gasteiger partial charge in [0.2, 0.25) is 5.91 Å². The number of benzene rings is 1. The SMILES string of the molecule is CC(C)C(C)(CN)NC(=O)CCC1NC(=O)N(c2ccc(Cl)cc2)C1=O.Cl. The van der Waals surface area contributed by atoms with Gasteiger partial charge in [-0.2, -0.15) is 0 Å². The third kappa shape index (κ3) is 5.34. The van der Waals surface area contributed by atoms with Crippen molar-refractivity contribution in [2.24, 2.45) is 11.7 Å². The van der Waals surface area contributed by atoms with Gasteiger partial charge in [-0.25, -0.2) is 9.69 Å². The molecule has 0 aliphatic carbocycles. The van der Waals surface area contributed by atoms with E-state index in [1.165, 1.54) is 0 Å². The normalized spacial score (nSPS) is 18.7. The minimum atomic E-state index is -0.730. The number of halogens is 2. The highest BCUT2D eigenvalue weighted by molar-refractivity contribution is 6.30. The Labute approximate surface area is 170 Å². The first-order valence-corrected chi connectivity index (χ1v) is 8.97. The Kier molecular flexibility index (Phi) is 8.07. The summed E-state index contributed by atoms with van der Waals surface area (Å²) in [7, 11) is 0. The molecule has 1 aliphatic heterocycles. The van der Waals surface area contributed by atoms with Crippen LogP contribution in [0.25, 0.3) is 0 Å². The third-order valence-corrected chi connectivity index (χ3v) is 5.14. The average Bonchev–Trinajstić information content (AvgIpc) is 2.87. The molecule has 2 atom stereocenters. The number of nitrogens with two attached hydrogens (primary N) is 1. The van der Waals surface area contributed by atoms with E-state index in [-0.39, 0.29) is 43.0 Å². The molecule has 2 unspecified atom stereocenters. The summed E-state index contributed by atoms with van der Waals surface area (Å²) in [4.78, 5) is 38.0. The van der Waals surface area contributed by atoms with Crippen molar-refractivity contribution in [3.05, 3.63) is 29.3 Å². The molecule has 27 heavy (non-hydrogen) atoms. The number of carbonyl (C=O) groups excluding carboxylic acids is 3. The van der Waals surface area contributed by atoms with E-state index < -0.39 is 17.6 Å². The highest BCUT2D eigenvalue weighted by Gasteiger charge is 2.39. The van der Waals surface area contributed by atoms with Crippen molar-refractivity contribution >= 4 is 47.5 Å². The van der Waals surface area contributed by atoms with Gasteiger partial charge in [0.15, 0.2) is 0 Å². The molecule has 1 fully saturated rings. The zero-order valence-corrected chi connectivity index (χ0v) is 17.2. The van der Waals surface area contributed by atoms with Gasteiger partial charge in [-0.1, -0.05) is 25.4 Å². The van der Waals surface area contributed by atoms with E-state index in [2.05, 4.69) is 10.6 Å². The van der Waals surface area contributed by atoms with E-state index in [1.54, 1.807) is 24.3 Å². The Bertz CT molecular complexity index is 696. The first-order chi connectivity index (χ1) is 12.2. The van der Waals surface area contributed by atoms with E-state index in [4.69, 9.17) is 17.3 Å². The Morgan fingerprint density at radius 3 is 2.44 bits per heavy atom. The second kappa shape index (κ2) is 9.39. The first kappa shape index (κ1) is 23.2. The number of amides is 4. The lowest BCUT2D eigenvalue weighted by molar-refractivity contribution is -0.123. The average molecular weight is 417 g/mol. The van der Waals surface area contributed by atoms with Gasteiger partial charge < -0.3 is 16.4 Å². The Morgan fingerprint density at radius 1 is 1.33 bits per heavy atom. The molecule has 7 nitrogen and oxygen atoms in total. The van der Waals surface area contributed by atoms with Crippen LogP contribution < -0.4 is 21.3 Å². The fraction of sp³-hybridized carbons (Fsp3) is 0.500. The van der Waals surface area contributed by atoms with Crippen molar-refractivity contribution in [2.45, 2.75) is 45.2 Å². The second-order valence-electron chi connectivity index (χ2n) is 7.02. The first-order valence-electron chi connectivity index (χ1n) is 8.59. The quantitative estimate of drug-likeness (QED) is 0.593. The van der Waals surface area contributed by atoms with Crippen LogP contribution in [0.15, 0.2) is 24.3 Å². The molecule has 4 N–H and O–H groups in total. The molecule has 1 aromatic rings. The lowest BCUT2D eigenvalue weighted by Crippen LogP contribution is -2.55. The van der Waals surface area contributed by atoms with Crippen molar-refractivity contribution in [2.75, 3.05) is 11.4 Å². The fourth-order valence-corrected chi connectivity index (χ4v) is 2.78. The Balaban J connectivity index is 0.00000364. The summed E-state index contributed by atoms with van der Waals surface area (Å²) in [5, 5.41) is 6.06. The number of rotatable bonds is 7. The molecular formula is C18H26Cl2N4O3. The molecule has 2 rings (SSSR count). The standard InChI is InChI=1S/C18H25ClN4O3.ClH/c1-11(2)18(3,10-20)22-15(24)9-8-14-16(25)23(17(26)21-14)13-6-4-12(19)5-7-13;/h4-7,11,14H,8-10,20H2,1-3H3,(H,21,26)(H,22,24);1H. The lowest BCUT2D eigenvalue weighted by Gasteiger charge is -2.33. The van der Waals surface area contributed by atoms with Gasteiger partial charge in [0.25, 0.3) is 5.91 Å². The van der Waals surface area contributed by atoms with Crippen LogP contribution in [-0.2, 0) is 9.59 Å². The number of nitrogens with one attached hydrogen (secondary N) is 2. The number of carbonyl (C=O) groups is 3. The number of nitrogens with zero attached hydrogens (tertiary/aromatic N) is 1. The van der Waals surface area contributed by atoms with E-state index in [1.807, 2.05) is 20.8 Å². The Morgan fingerprint density at radius 2 is 1.93 bits per heavy atom. The van der Waals surface area contributed by atoms with E-state index >= 15 is 0 Å². The molecule has 1 aliphatic rings.